The number of carbonyl (C=O) groups excluding carboxylic acids is 1. The topological polar surface area (TPSA) is 103 Å². The van der Waals surface area contributed by atoms with Crippen molar-refractivity contribution in [2.75, 3.05) is 13.4 Å². The average Bonchev–Trinajstić information content (AvgIpc) is 2.75. The minimum absolute atomic E-state index is 0.0901. The third kappa shape index (κ3) is 5.60. The van der Waals surface area contributed by atoms with Gasteiger partial charge in [-0.05, 0) is 42.8 Å². The lowest BCUT2D eigenvalue weighted by Crippen LogP contribution is -2.47. The molecule has 2 aliphatic heterocycles. The summed E-state index contributed by atoms with van der Waals surface area (Å²) in [6.07, 6.45) is 0.967. The van der Waals surface area contributed by atoms with Gasteiger partial charge in [0, 0.05) is 16.9 Å². The molecule has 4 rings (SSSR count). The van der Waals surface area contributed by atoms with Crippen LogP contribution in [0.5, 0.6) is 0 Å². The highest BCUT2D eigenvalue weighted by Crippen LogP contribution is 2.42. The molecule has 8 nitrogen and oxygen atoms in total. The van der Waals surface area contributed by atoms with Crippen molar-refractivity contribution in [1.29, 1.82) is 0 Å². The van der Waals surface area contributed by atoms with Crippen LogP contribution < -0.4 is 0 Å². The van der Waals surface area contributed by atoms with Crippen LogP contribution in [-0.4, -0.2) is 44.0 Å². The van der Waals surface area contributed by atoms with E-state index < -0.39 is 20.5 Å². The maximum absolute atomic E-state index is 13.3. The minimum Gasteiger partial charge on any atom is -0.303 e. The lowest BCUT2D eigenvalue weighted by molar-refractivity contribution is -0.131. The molecular formula is C20H17Cl2FN3O5PS. The normalized spacial score (nSPS) is 16.8. The van der Waals surface area contributed by atoms with E-state index in [9.17, 15) is 13.8 Å². The summed E-state index contributed by atoms with van der Waals surface area (Å²) in [5.41, 5.74) is 1.10. The molecule has 0 saturated heterocycles. The zero-order valence-electron chi connectivity index (χ0n) is 16.8. The average molecular weight is 532 g/mol. The number of hydrogen-bond acceptors (Lipinski definition) is 6. The zero-order chi connectivity index (χ0) is 23.8. The molecule has 33 heavy (non-hydrogen) atoms. The number of nitrogens with zero attached hydrogens (tertiary/aromatic N) is 3. The summed E-state index contributed by atoms with van der Waals surface area (Å²) < 4.78 is 29.0. The molecule has 2 heterocycles. The second-order valence-corrected chi connectivity index (χ2v) is 10.3. The standard InChI is InChI=1S/C20H17Cl2FN3O5PS/c21-14-2-1-3-15(22)18(14)19-16-8-9-17(33-13-6-4-12(23)5-7-13)24-26(16)10-25(20(19)27)11-31-32(28,29)30/h1-7H,8-11H2,(H2,28,29,30). The number of thioether (sulfide) groups is 1. The highest BCUT2D eigenvalue weighted by atomic mass is 35.5. The highest BCUT2D eigenvalue weighted by molar-refractivity contribution is 8.14. The van der Waals surface area contributed by atoms with Crippen LogP contribution in [0.2, 0.25) is 10.0 Å². The number of halogens is 3. The summed E-state index contributed by atoms with van der Waals surface area (Å²) >= 11 is 14.1. The number of hydrogen-bond donors (Lipinski definition) is 2. The molecule has 0 aromatic heterocycles. The van der Waals surface area contributed by atoms with Gasteiger partial charge in [-0.2, -0.15) is 5.10 Å². The number of phosphoric ester groups is 1. The Balaban J connectivity index is 1.73. The zero-order valence-corrected chi connectivity index (χ0v) is 20.0. The molecule has 0 atom stereocenters. The lowest BCUT2D eigenvalue weighted by atomic mass is 9.97. The van der Waals surface area contributed by atoms with Gasteiger partial charge in [0.2, 0.25) is 0 Å². The summed E-state index contributed by atoms with van der Waals surface area (Å²) in [6.45, 7) is -0.748. The number of phosphoric acid groups is 1. The molecule has 0 radical (unpaired) electrons. The van der Waals surface area contributed by atoms with Crippen molar-refractivity contribution >= 4 is 59.3 Å². The van der Waals surface area contributed by atoms with Crippen LogP contribution in [0.15, 0.2) is 58.2 Å². The summed E-state index contributed by atoms with van der Waals surface area (Å²) in [7, 11) is -4.82. The molecule has 2 aromatic carbocycles. The van der Waals surface area contributed by atoms with Crippen LogP contribution in [0, 0.1) is 5.82 Å². The summed E-state index contributed by atoms with van der Waals surface area (Å²) in [6, 6.07) is 10.8. The van der Waals surface area contributed by atoms with Crippen LogP contribution in [0.25, 0.3) is 5.57 Å². The third-order valence-corrected chi connectivity index (χ3v) is 6.97. The monoisotopic (exact) mass is 531 g/mol. The third-order valence-electron chi connectivity index (χ3n) is 4.86. The van der Waals surface area contributed by atoms with Crippen molar-refractivity contribution < 1.29 is 28.1 Å². The van der Waals surface area contributed by atoms with Gasteiger partial charge in [-0.15, -0.1) is 0 Å². The van der Waals surface area contributed by atoms with E-state index in [4.69, 9.17) is 33.0 Å². The molecule has 1 amide bonds. The summed E-state index contributed by atoms with van der Waals surface area (Å²) in [5.74, 6) is -0.874. The molecule has 13 heteroatoms. The summed E-state index contributed by atoms with van der Waals surface area (Å²) in [4.78, 5) is 33.4. The van der Waals surface area contributed by atoms with Gasteiger partial charge in [0.25, 0.3) is 5.91 Å². The number of fused-ring (bicyclic) bond motifs is 1. The Bertz CT molecular complexity index is 1180. The Morgan fingerprint density at radius 3 is 2.42 bits per heavy atom. The van der Waals surface area contributed by atoms with Gasteiger partial charge in [0.15, 0.2) is 0 Å². The first kappa shape index (κ1) is 24.2. The number of allylic oxidation sites excluding steroid dienone is 1. The van der Waals surface area contributed by atoms with Crippen molar-refractivity contribution in [3.05, 3.63) is 69.6 Å². The molecule has 0 unspecified atom stereocenters. The van der Waals surface area contributed by atoms with Gasteiger partial charge in [0.05, 0.1) is 26.4 Å². The van der Waals surface area contributed by atoms with E-state index in [1.54, 1.807) is 35.3 Å². The quantitative estimate of drug-likeness (QED) is 0.528. The summed E-state index contributed by atoms with van der Waals surface area (Å²) in [5, 5.41) is 7.42. The lowest BCUT2D eigenvalue weighted by Gasteiger charge is -2.39. The molecule has 2 aromatic rings. The Labute approximate surface area is 202 Å². The molecule has 0 spiro atoms. The molecule has 2 aliphatic rings. The Kier molecular flexibility index (Phi) is 7.16. The van der Waals surface area contributed by atoms with Crippen LogP contribution in [0.3, 0.4) is 0 Å². The van der Waals surface area contributed by atoms with E-state index in [-0.39, 0.29) is 28.1 Å². The molecule has 0 bridgehead atoms. The van der Waals surface area contributed by atoms with E-state index in [2.05, 4.69) is 9.63 Å². The number of amides is 1. The maximum Gasteiger partial charge on any atom is 0.471 e. The van der Waals surface area contributed by atoms with Crippen molar-refractivity contribution in [2.24, 2.45) is 5.10 Å². The van der Waals surface area contributed by atoms with Gasteiger partial charge < -0.3 is 9.79 Å². The first-order chi connectivity index (χ1) is 15.6. The van der Waals surface area contributed by atoms with Gasteiger partial charge in [-0.1, -0.05) is 41.0 Å². The molecule has 0 aliphatic carbocycles. The smallest absolute Gasteiger partial charge is 0.303 e. The fraction of sp³-hybridized carbons (Fsp3) is 0.200. The van der Waals surface area contributed by atoms with Crippen molar-refractivity contribution in [3.8, 4) is 0 Å². The second kappa shape index (κ2) is 9.76. The number of carbonyl (C=O) groups is 1. The van der Waals surface area contributed by atoms with E-state index in [0.717, 1.165) is 14.8 Å². The number of rotatable bonds is 5. The molecule has 0 saturated carbocycles. The van der Waals surface area contributed by atoms with Gasteiger partial charge in [0.1, 0.15) is 19.2 Å². The van der Waals surface area contributed by atoms with Crippen LogP contribution in [0.4, 0.5) is 4.39 Å². The predicted octanol–water partition coefficient (Wildman–Crippen LogP) is 4.91. The number of benzene rings is 2. The van der Waals surface area contributed by atoms with Crippen molar-refractivity contribution in [1.82, 2.24) is 9.91 Å². The van der Waals surface area contributed by atoms with Crippen molar-refractivity contribution in [2.45, 2.75) is 17.7 Å². The van der Waals surface area contributed by atoms with E-state index in [0.29, 0.717) is 24.1 Å². The van der Waals surface area contributed by atoms with Gasteiger partial charge in [-0.25, -0.2) is 14.0 Å². The number of hydrazone groups is 1. The van der Waals surface area contributed by atoms with Crippen LogP contribution >= 0.6 is 42.8 Å². The molecule has 174 valence electrons. The molecule has 2 N–H and O–H groups in total. The largest absolute Gasteiger partial charge is 0.471 e. The van der Waals surface area contributed by atoms with Crippen molar-refractivity contribution in [3.63, 3.8) is 0 Å². The van der Waals surface area contributed by atoms with E-state index >= 15 is 0 Å². The van der Waals surface area contributed by atoms with Crippen LogP contribution in [-0.2, 0) is 13.9 Å². The highest BCUT2D eigenvalue weighted by Gasteiger charge is 2.37. The Morgan fingerprint density at radius 2 is 1.79 bits per heavy atom. The van der Waals surface area contributed by atoms with Crippen LogP contribution in [0.1, 0.15) is 18.4 Å². The molecular weight excluding hydrogens is 515 g/mol. The van der Waals surface area contributed by atoms with Gasteiger partial charge in [-0.3, -0.25) is 14.2 Å². The Morgan fingerprint density at radius 1 is 1.12 bits per heavy atom. The SMILES string of the molecule is O=C1C(c2c(Cl)cccc2Cl)=C2CCC(Sc3ccc(F)cc3)=NN2CN1COP(=O)(O)O. The Hall–Kier alpha value is -1.91. The first-order valence-corrected chi connectivity index (χ1v) is 12.7. The second-order valence-electron chi connectivity index (χ2n) is 7.10. The predicted molar refractivity (Wildman–Crippen MR) is 124 cm³/mol. The minimum atomic E-state index is -4.82. The fourth-order valence-electron chi connectivity index (χ4n) is 3.42. The van der Waals surface area contributed by atoms with E-state index in [1.165, 1.54) is 23.9 Å². The molecule has 0 fully saturated rings. The van der Waals surface area contributed by atoms with Gasteiger partial charge >= 0.3 is 7.82 Å². The first-order valence-electron chi connectivity index (χ1n) is 9.58. The maximum atomic E-state index is 13.3. The van der Waals surface area contributed by atoms with E-state index in [1.807, 2.05) is 0 Å². The fourth-order valence-corrected chi connectivity index (χ4v) is 5.18.